The molecule has 16 atom stereocenters. The summed E-state index contributed by atoms with van der Waals surface area (Å²) in [5.41, 5.74) is 3.89. The van der Waals surface area contributed by atoms with E-state index in [1.54, 1.807) is 67.8 Å². The van der Waals surface area contributed by atoms with Gasteiger partial charge in [0.2, 0.25) is 0 Å². The van der Waals surface area contributed by atoms with E-state index in [2.05, 4.69) is 109 Å². The molecule has 10 aliphatic carbocycles. The minimum absolute atomic E-state index is 0.00751. The van der Waals surface area contributed by atoms with E-state index >= 15 is 0 Å². The van der Waals surface area contributed by atoms with Crippen molar-refractivity contribution in [3.8, 4) is 17.1 Å². The van der Waals surface area contributed by atoms with Gasteiger partial charge in [-0.2, -0.15) is 0 Å². The number of allylic oxidation sites excluding steroid dienone is 4. The van der Waals surface area contributed by atoms with Crippen LogP contribution in [0.15, 0.2) is 86.5 Å². The number of rotatable bonds is 15. The molecule has 2 aromatic carbocycles. The minimum atomic E-state index is -1.32. The van der Waals surface area contributed by atoms with Crippen LogP contribution < -0.4 is 15.9 Å². The summed E-state index contributed by atoms with van der Waals surface area (Å²) in [5.74, 6) is -0.0715. The lowest BCUT2D eigenvalue weighted by atomic mass is 9.33. The van der Waals surface area contributed by atoms with Crippen molar-refractivity contribution in [2.45, 2.75) is 283 Å². The summed E-state index contributed by atoms with van der Waals surface area (Å²) in [4.78, 5) is 98.5. The Bertz CT molecular complexity index is 4540. The van der Waals surface area contributed by atoms with Gasteiger partial charge in [-0.3, -0.25) is 42.9 Å². The number of nitrogens with zero attached hydrogens (tertiary/aromatic N) is 4. The third-order valence-corrected chi connectivity index (χ3v) is 34.0. The van der Waals surface area contributed by atoms with Crippen LogP contribution in [0, 0.1) is 101 Å². The molecule has 14 rings (SSSR count). The average Bonchev–Trinajstić information content (AvgIpc) is 1.67. The molecule has 582 valence electrons. The molecule has 0 radical (unpaired) electrons. The van der Waals surface area contributed by atoms with Crippen molar-refractivity contribution >= 4 is 52.9 Å². The van der Waals surface area contributed by atoms with Crippen molar-refractivity contribution < 1.29 is 43.3 Å². The predicted octanol–water partition coefficient (Wildman–Crippen LogP) is 19.6. The van der Waals surface area contributed by atoms with Crippen molar-refractivity contribution in [2.75, 3.05) is 0 Å². The summed E-state index contributed by atoms with van der Waals surface area (Å²) in [6.07, 6.45) is 16.5. The number of hydrogen-bond acceptors (Lipinski definition) is 10. The number of carbonyl (C=O) groups excluding carboxylic acids is 4. The van der Waals surface area contributed by atoms with Gasteiger partial charge in [0.1, 0.15) is 12.2 Å². The number of aromatic nitrogens is 4. The summed E-state index contributed by atoms with van der Waals surface area (Å²) in [6, 6.07) is 16.2. The first-order valence-electron chi connectivity index (χ1n) is 40.8. The first-order valence-corrected chi connectivity index (χ1v) is 41.5. The summed E-state index contributed by atoms with van der Waals surface area (Å²) in [5, 5.41) is 10.6. The lowest BCUT2D eigenvalue weighted by molar-refractivity contribution is -0.232. The molecule has 15 nitrogen and oxygen atoms in total. The molecule has 107 heavy (non-hydrogen) atoms. The number of aliphatic carboxylic acids is 1. The Balaban J connectivity index is 0.656. The number of halogens is 2. The van der Waals surface area contributed by atoms with Gasteiger partial charge in [-0.05, 0) is 271 Å². The molecule has 0 bridgehead atoms. The van der Waals surface area contributed by atoms with E-state index in [0.717, 1.165) is 125 Å². The van der Waals surface area contributed by atoms with Crippen LogP contribution in [-0.2, 0) is 58.4 Å². The third-order valence-electron chi connectivity index (χ3n) is 33.5. The lowest BCUT2D eigenvalue weighted by Gasteiger charge is -2.72. The third kappa shape index (κ3) is 11.3. The van der Waals surface area contributed by atoms with Crippen molar-refractivity contribution in [3.63, 3.8) is 0 Å². The van der Waals surface area contributed by atoms with E-state index in [-0.39, 0.29) is 126 Å². The summed E-state index contributed by atoms with van der Waals surface area (Å²) >= 11 is 13.3. The second-order valence-corrected chi connectivity index (χ2v) is 41.4. The summed E-state index contributed by atoms with van der Waals surface area (Å²) in [7, 11) is 3.96. The van der Waals surface area contributed by atoms with E-state index in [9.17, 15) is 38.7 Å². The number of carbonyl (C=O) groups is 5. The zero-order chi connectivity index (χ0) is 77.8. The topological polar surface area (TPSA) is 187 Å². The fourth-order valence-corrected chi connectivity index (χ4v) is 28.0. The van der Waals surface area contributed by atoms with Gasteiger partial charge in [0.05, 0.1) is 51.5 Å². The maximum absolute atomic E-state index is 14.9. The molecule has 8 saturated carbocycles. The molecule has 1 N–H and O–H groups in total. The molecule has 0 spiro atoms. The molecule has 2 heterocycles. The zero-order valence-corrected chi connectivity index (χ0v) is 69.4. The molecule has 8 fully saturated rings. The van der Waals surface area contributed by atoms with Gasteiger partial charge in [-0.1, -0.05) is 131 Å². The molecule has 0 amide bonds. The lowest BCUT2D eigenvalue weighted by Crippen LogP contribution is -2.66. The summed E-state index contributed by atoms with van der Waals surface area (Å²) in [6.45, 7) is 40.1. The second kappa shape index (κ2) is 25.8. The molecule has 0 saturated heterocycles. The maximum atomic E-state index is 14.9. The van der Waals surface area contributed by atoms with Crippen LogP contribution in [0.1, 0.15) is 271 Å². The largest absolute Gasteiger partial charge is 0.481 e. The fraction of sp³-hybridized carbons (Fsp3) is 0.700. The fourth-order valence-electron chi connectivity index (χ4n) is 27.7. The van der Waals surface area contributed by atoms with Crippen molar-refractivity contribution in [1.82, 2.24) is 18.7 Å². The SMILES string of the molecule is CC(C)C1=C2[C@H]3CC[C@@H]4[C@@]5(C)CC[C@H](OC(=O)CC(C)(C)C(=O)Oc6cc(-n7c(=O)cc([C@@]89CC[C@]%10(C)[C@H](CC[C@@H]%11[C@@]%12(C)CC[C@H](OC(=O)CC(C)(C)C(=O)O)C(C)(C)[C@@H]%12CC[C@]%11%10C)C8=C(C(C)C)C(=O)C9)n7C)ccc6Cl)C(C)(C)[C@@H]5CC[C@@]4(C)[C@]3(C)CC[C@@]2(c2cc(=O)n(-c3ccc(Cl)cc3)n2C)CC1. The first kappa shape index (κ1) is 77.8. The molecule has 10 aliphatic rings. The van der Waals surface area contributed by atoms with Crippen LogP contribution in [0.4, 0.5) is 0 Å². The van der Waals surface area contributed by atoms with E-state index < -0.39 is 40.1 Å². The van der Waals surface area contributed by atoms with Crippen LogP contribution in [0.25, 0.3) is 11.4 Å². The van der Waals surface area contributed by atoms with Crippen molar-refractivity contribution in [2.24, 2.45) is 116 Å². The van der Waals surface area contributed by atoms with Crippen LogP contribution in [0.5, 0.6) is 5.75 Å². The Morgan fingerprint density at radius 3 is 1.49 bits per heavy atom. The molecule has 17 heteroatoms. The maximum Gasteiger partial charge on any atom is 0.317 e. The number of ether oxygens (including phenoxy) is 3. The Hall–Kier alpha value is -5.93. The molecular weight excluding hydrogens is 1380 g/mol. The number of ketones is 1. The zero-order valence-electron chi connectivity index (χ0n) is 67.9. The summed E-state index contributed by atoms with van der Waals surface area (Å²) < 4.78 is 26.6. The van der Waals surface area contributed by atoms with Gasteiger partial charge in [-0.15, -0.1) is 0 Å². The highest BCUT2D eigenvalue weighted by atomic mass is 35.5. The Morgan fingerprint density at radius 2 is 0.991 bits per heavy atom. The highest BCUT2D eigenvalue weighted by Gasteiger charge is 2.73. The van der Waals surface area contributed by atoms with Crippen LogP contribution >= 0.6 is 23.2 Å². The molecule has 4 aromatic rings. The molecular formula is C90H122Cl2N4O11. The number of carboxylic acid groups (broad SMARTS) is 1. The number of hydrogen-bond donors (Lipinski definition) is 1. The van der Waals surface area contributed by atoms with Crippen molar-refractivity contribution in [3.05, 3.63) is 119 Å². The number of esters is 3. The number of fused-ring (bicyclic) bond motifs is 14. The normalized spacial score (nSPS) is 36.3. The number of Topliss-reactive ketones (excluding diaryl/α,β-unsaturated/α-hetero) is 1. The van der Waals surface area contributed by atoms with Crippen molar-refractivity contribution in [1.29, 1.82) is 0 Å². The van der Waals surface area contributed by atoms with Gasteiger partial charge < -0.3 is 19.3 Å². The Kier molecular flexibility index (Phi) is 18.8. The Morgan fingerprint density at radius 1 is 0.523 bits per heavy atom. The van der Waals surface area contributed by atoms with Crippen LogP contribution in [-0.4, -0.2) is 65.7 Å². The molecule has 0 aliphatic heterocycles. The van der Waals surface area contributed by atoms with Gasteiger partial charge in [0, 0.05) is 65.4 Å². The average molecular weight is 1510 g/mol. The highest BCUT2D eigenvalue weighted by Crippen LogP contribution is 2.79. The van der Waals surface area contributed by atoms with Gasteiger partial charge in [-0.25, -0.2) is 9.36 Å². The van der Waals surface area contributed by atoms with E-state index in [1.165, 1.54) is 5.57 Å². The van der Waals surface area contributed by atoms with E-state index in [1.807, 2.05) is 46.7 Å². The van der Waals surface area contributed by atoms with E-state index in [4.69, 9.17) is 37.4 Å². The quantitative estimate of drug-likeness (QED) is 0.0678. The number of carboxylic acids is 1. The predicted molar refractivity (Wildman–Crippen MR) is 419 cm³/mol. The first-order chi connectivity index (χ1) is 49.8. The van der Waals surface area contributed by atoms with E-state index in [0.29, 0.717) is 53.1 Å². The van der Waals surface area contributed by atoms with Gasteiger partial charge in [0.15, 0.2) is 11.5 Å². The second-order valence-electron chi connectivity index (χ2n) is 40.6. The number of benzene rings is 2. The molecule has 2 aromatic heterocycles. The van der Waals surface area contributed by atoms with Gasteiger partial charge >= 0.3 is 23.9 Å². The monoisotopic (exact) mass is 1500 g/mol. The van der Waals surface area contributed by atoms with Gasteiger partial charge in [0.25, 0.3) is 11.1 Å². The smallest absolute Gasteiger partial charge is 0.317 e. The minimum Gasteiger partial charge on any atom is -0.481 e. The van der Waals surface area contributed by atoms with Crippen LogP contribution in [0.2, 0.25) is 10.0 Å². The highest BCUT2D eigenvalue weighted by molar-refractivity contribution is 6.32. The van der Waals surface area contributed by atoms with Crippen LogP contribution in [0.3, 0.4) is 0 Å². The standard InChI is InChI=1S/C90H122Cl2N4O11/c1-51(2)56-31-40-89(66-46-70(98)95(93(66)19)54-23-21-53(91)22-24-54)43-41-85(15)57(75(56)89)26-29-64-83(13)37-35-69(82(11,12)62(83)32-38-87(64,85)17)107-73(101)50-80(7,8)78(104)105-61-45-55(25-28-59(61)92)96-71(99)47-67(94(96)20)90-44-42-86(16)58(76(90)74(52(3)4)60(97)48-90)27-30-65-84(14)36-34-68(106-72(100)49-79(5,6)77(102)103)81(9,10)63(84)33-39-88(65,86)18/h21-25,28,45-47,51-52,57-58,62-65,68-69H,26-27,29-44,48-50H2,1-20H3,(H,102,103)/t57-,58-,62+,63+,64-,65-,68+,69+,83+,84+,85-,86-,87-,88-,89-,90+/m1/s1. The molecule has 0 unspecified atom stereocenters. The Labute approximate surface area is 645 Å².